The topological polar surface area (TPSA) is 87.0 Å². The van der Waals surface area contributed by atoms with Gasteiger partial charge in [0.25, 0.3) is 0 Å². The molecule has 1 aliphatic rings. The van der Waals surface area contributed by atoms with Gasteiger partial charge in [0.2, 0.25) is 0 Å². The van der Waals surface area contributed by atoms with Crippen LogP contribution in [0.1, 0.15) is 27.2 Å². The number of rotatable bonds is 1. The maximum Gasteiger partial charge on any atom is 0.335 e. The molecule has 0 spiro atoms. The molecule has 1 heterocycles. The van der Waals surface area contributed by atoms with Gasteiger partial charge in [0.1, 0.15) is 6.10 Å². The van der Waals surface area contributed by atoms with Crippen molar-refractivity contribution in [3.05, 3.63) is 0 Å². The van der Waals surface area contributed by atoms with E-state index in [1.165, 1.54) is 0 Å². The number of hydrogen-bond acceptors (Lipinski definition) is 4. The summed E-state index contributed by atoms with van der Waals surface area (Å²) in [5, 5.41) is 26.9. The number of aliphatic hydroxyl groups excluding tert-OH is 2. The van der Waals surface area contributed by atoms with E-state index in [0.717, 1.165) is 0 Å². The van der Waals surface area contributed by atoms with Gasteiger partial charge in [-0.25, -0.2) is 4.79 Å². The van der Waals surface area contributed by atoms with Crippen molar-refractivity contribution >= 4 is 5.97 Å². The third-order valence-corrected chi connectivity index (χ3v) is 1.90. The molecule has 1 rings (SSSR count). The number of aliphatic hydroxyl groups is 2. The SMILES string of the molecule is CC.CC1CC(O)[C@H](O)C(C(=O)O)O1. The minimum Gasteiger partial charge on any atom is -0.479 e. The minimum absolute atomic E-state index is 0.269. The quantitative estimate of drug-likeness (QED) is 0.562. The van der Waals surface area contributed by atoms with Gasteiger partial charge in [-0.2, -0.15) is 0 Å². The van der Waals surface area contributed by atoms with Crippen LogP contribution in [0.4, 0.5) is 0 Å². The molecular formula is C9H18O5. The Labute approximate surface area is 83.3 Å². The summed E-state index contributed by atoms with van der Waals surface area (Å²) in [6, 6.07) is 0. The largest absolute Gasteiger partial charge is 0.479 e. The van der Waals surface area contributed by atoms with E-state index >= 15 is 0 Å². The number of aliphatic carboxylic acids is 1. The lowest BCUT2D eigenvalue weighted by Gasteiger charge is -2.33. The lowest BCUT2D eigenvalue weighted by molar-refractivity contribution is -0.190. The molecule has 0 aromatic rings. The summed E-state index contributed by atoms with van der Waals surface area (Å²) in [7, 11) is 0. The molecule has 84 valence electrons. The Morgan fingerprint density at radius 2 is 1.86 bits per heavy atom. The average Bonchev–Trinajstić information content (AvgIpc) is 2.14. The van der Waals surface area contributed by atoms with E-state index in [0.29, 0.717) is 0 Å². The van der Waals surface area contributed by atoms with Gasteiger partial charge in [-0.1, -0.05) is 13.8 Å². The van der Waals surface area contributed by atoms with E-state index in [1.54, 1.807) is 6.92 Å². The Hall–Kier alpha value is -0.650. The van der Waals surface area contributed by atoms with Crippen LogP contribution in [0.2, 0.25) is 0 Å². The fraction of sp³-hybridized carbons (Fsp3) is 0.889. The predicted molar refractivity (Wildman–Crippen MR) is 49.9 cm³/mol. The van der Waals surface area contributed by atoms with Crippen LogP contribution >= 0.6 is 0 Å². The van der Waals surface area contributed by atoms with E-state index in [9.17, 15) is 9.90 Å². The zero-order valence-corrected chi connectivity index (χ0v) is 8.67. The summed E-state index contributed by atoms with van der Waals surface area (Å²) in [6.45, 7) is 5.66. The number of carboxylic acids is 1. The first-order valence-electron chi connectivity index (χ1n) is 4.76. The van der Waals surface area contributed by atoms with Crippen molar-refractivity contribution in [1.29, 1.82) is 0 Å². The highest BCUT2D eigenvalue weighted by Gasteiger charge is 2.39. The summed E-state index contributed by atoms with van der Waals surface area (Å²) in [5.74, 6) is -1.24. The van der Waals surface area contributed by atoms with Crippen LogP contribution in [0, 0.1) is 0 Å². The van der Waals surface area contributed by atoms with Gasteiger partial charge in [0, 0.05) is 6.42 Å². The first-order valence-corrected chi connectivity index (χ1v) is 4.76. The van der Waals surface area contributed by atoms with Crippen molar-refractivity contribution < 1.29 is 24.9 Å². The van der Waals surface area contributed by atoms with Gasteiger partial charge in [0.05, 0.1) is 12.2 Å². The summed E-state index contributed by atoms with van der Waals surface area (Å²) in [4.78, 5) is 10.5. The van der Waals surface area contributed by atoms with E-state index in [2.05, 4.69) is 0 Å². The molecule has 3 N–H and O–H groups in total. The van der Waals surface area contributed by atoms with Crippen LogP contribution in [0.3, 0.4) is 0 Å². The van der Waals surface area contributed by atoms with E-state index in [1.807, 2.05) is 13.8 Å². The Kier molecular flexibility index (Phi) is 5.68. The molecule has 5 heteroatoms. The molecule has 5 nitrogen and oxygen atoms in total. The van der Waals surface area contributed by atoms with Gasteiger partial charge in [0.15, 0.2) is 6.10 Å². The van der Waals surface area contributed by atoms with Crippen LogP contribution in [0.15, 0.2) is 0 Å². The lowest BCUT2D eigenvalue weighted by Crippen LogP contribution is -2.51. The number of ether oxygens (including phenoxy) is 1. The van der Waals surface area contributed by atoms with Gasteiger partial charge in [-0.05, 0) is 6.92 Å². The maximum absolute atomic E-state index is 10.5. The maximum atomic E-state index is 10.5. The molecule has 0 radical (unpaired) electrons. The Bertz CT molecular complexity index is 182. The van der Waals surface area contributed by atoms with Gasteiger partial charge < -0.3 is 20.1 Å². The van der Waals surface area contributed by atoms with Gasteiger partial charge in [-0.3, -0.25) is 0 Å². The zero-order chi connectivity index (χ0) is 11.3. The number of hydrogen-bond donors (Lipinski definition) is 3. The zero-order valence-electron chi connectivity index (χ0n) is 8.67. The van der Waals surface area contributed by atoms with Crippen molar-refractivity contribution in [3.63, 3.8) is 0 Å². The predicted octanol–water partition coefficient (Wildman–Crippen LogP) is -0.00360. The highest BCUT2D eigenvalue weighted by molar-refractivity contribution is 5.73. The summed E-state index contributed by atoms with van der Waals surface area (Å²) < 4.78 is 4.92. The molecular weight excluding hydrogens is 188 g/mol. The Morgan fingerprint density at radius 3 is 2.29 bits per heavy atom. The van der Waals surface area contributed by atoms with Crippen LogP contribution < -0.4 is 0 Å². The van der Waals surface area contributed by atoms with Crippen molar-refractivity contribution in [3.8, 4) is 0 Å². The van der Waals surface area contributed by atoms with E-state index in [4.69, 9.17) is 14.9 Å². The molecule has 0 aliphatic carbocycles. The van der Waals surface area contributed by atoms with Gasteiger partial charge in [-0.15, -0.1) is 0 Å². The second-order valence-electron chi connectivity index (χ2n) is 3.00. The summed E-state index contributed by atoms with van der Waals surface area (Å²) >= 11 is 0. The van der Waals surface area contributed by atoms with Gasteiger partial charge >= 0.3 is 5.97 Å². The third-order valence-electron chi connectivity index (χ3n) is 1.90. The molecule has 1 fully saturated rings. The molecule has 3 unspecified atom stereocenters. The fourth-order valence-corrected chi connectivity index (χ4v) is 1.27. The van der Waals surface area contributed by atoms with Crippen molar-refractivity contribution in [2.24, 2.45) is 0 Å². The van der Waals surface area contributed by atoms with E-state index < -0.39 is 24.3 Å². The average molecular weight is 206 g/mol. The van der Waals surface area contributed by atoms with E-state index in [-0.39, 0.29) is 12.5 Å². The number of carbonyl (C=O) groups is 1. The van der Waals surface area contributed by atoms with Crippen LogP contribution in [0.25, 0.3) is 0 Å². The van der Waals surface area contributed by atoms with Crippen molar-refractivity contribution in [1.82, 2.24) is 0 Å². The van der Waals surface area contributed by atoms with Crippen molar-refractivity contribution in [2.75, 3.05) is 0 Å². The molecule has 1 saturated heterocycles. The first-order chi connectivity index (χ1) is 6.52. The summed E-state index contributed by atoms with van der Waals surface area (Å²) in [5.41, 5.74) is 0. The first kappa shape index (κ1) is 13.4. The molecule has 4 atom stereocenters. The highest BCUT2D eigenvalue weighted by atomic mass is 16.5. The lowest BCUT2D eigenvalue weighted by atomic mass is 9.99. The van der Waals surface area contributed by atoms with Crippen LogP contribution in [-0.4, -0.2) is 45.7 Å². The third kappa shape index (κ3) is 3.25. The molecule has 0 saturated carbocycles. The number of carboxylic acid groups (broad SMARTS) is 1. The molecule has 0 aromatic carbocycles. The smallest absolute Gasteiger partial charge is 0.335 e. The Balaban J connectivity index is 0.000000791. The molecule has 0 aromatic heterocycles. The highest BCUT2D eigenvalue weighted by Crippen LogP contribution is 2.19. The minimum atomic E-state index is -1.32. The summed E-state index contributed by atoms with van der Waals surface area (Å²) in [6.07, 6.45) is -3.69. The molecule has 0 amide bonds. The fourth-order valence-electron chi connectivity index (χ4n) is 1.27. The molecule has 1 aliphatic heterocycles. The second-order valence-corrected chi connectivity index (χ2v) is 3.00. The Morgan fingerprint density at radius 1 is 1.36 bits per heavy atom. The second kappa shape index (κ2) is 5.95. The van der Waals surface area contributed by atoms with Crippen molar-refractivity contribution in [2.45, 2.75) is 51.6 Å². The van der Waals surface area contributed by atoms with Crippen LogP contribution in [-0.2, 0) is 9.53 Å². The molecule has 14 heavy (non-hydrogen) atoms. The normalized spacial score (nSPS) is 36.9. The monoisotopic (exact) mass is 206 g/mol. The van der Waals surface area contributed by atoms with Crippen LogP contribution in [0.5, 0.6) is 0 Å². The standard InChI is InChI=1S/C7H12O5.C2H6/c1-3-2-4(8)5(9)6(12-3)7(10)11;1-2/h3-6,8-9H,2H2,1H3,(H,10,11);1-2H3/t3?,4?,5-,6?;/m0./s1. The molecule has 0 bridgehead atoms.